The van der Waals surface area contributed by atoms with E-state index in [1.165, 1.54) is 7.05 Å². The third-order valence-corrected chi connectivity index (χ3v) is 3.63. The quantitative estimate of drug-likeness (QED) is 0.892. The van der Waals surface area contributed by atoms with Crippen LogP contribution in [0.15, 0.2) is 42.5 Å². The number of aliphatic hydroxyl groups excluding tert-OH is 1. The molecule has 0 aliphatic rings. The second kappa shape index (κ2) is 7.09. The van der Waals surface area contributed by atoms with Gasteiger partial charge in [0, 0.05) is 7.05 Å². The standard InChI is InChI=1S/C18H21NO3/c1-12-7-6-8-13(2)17(12)22-11-14-9-4-5-10-15(14)16(20)18(21)19-3/h4-10,16,20H,11H2,1-3H3,(H,19,21). The molecule has 2 aromatic carbocycles. The van der Waals surface area contributed by atoms with Gasteiger partial charge in [0.15, 0.2) is 6.10 Å². The smallest absolute Gasteiger partial charge is 0.253 e. The van der Waals surface area contributed by atoms with Gasteiger partial charge in [-0.3, -0.25) is 4.79 Å². The number of ether oxygens (including phenoxy) is 1. The Kier molecular flexibility index (Phi) is 5.17. The Balaban J connectivity index is 2.22. The molecule has 1 atom stereocenters. The molecule has 0 bridgehead atoms. The number of carbonyl (C=O) groups is 1. The maximum absolute atomic E-state index is 11.6. The number of hydrogen-bond donors (Lipinski definition) is 2. The van der Waals surface area contributed by atoms with Gasteiger partial charge in [-0.1, -0.05) is 42.5 Å². The van der Waals surface area contributed by atoms with E-state index in [4.69, 9.17) is 4.74 Å². The first-order valence-electron chi connectivity index (χ1n) is 7.21. The molecule has 116 valence electrons. The number of hydrogen-bond acceptors (Lipinski definition) is 3. The molecule has 0 heterocycles. The van der Waals surface area contributed by atoms with Crippen molar-refractivity contribution < 1.29 is 14.6 Å². The first-order valence-corrected chi connectivity index (χ1v) is 7.21. The van der Waals surface area contributed by atoms with Crippen molar-refractivity contribution in [1.29, 1.82) is 0 Å². The molecule has 1 amide bonds. The van der Waals surface area contributed by atoms with Gasteiger partial charge in [0.2, 0.25) is 0 Å². The van der Waals surface area contributed by atoms with Gasteiger partial charge in [0.1, 0.15) is 12.4 Å². The van der Waals surface area contributed by atoms with E-state index >= 15 is 0 Å². The number of rotatable bonds is 5. The number of para-hydroxylation sites is 1. The molecule has 0 saturated carbocycles. The van der Waals surface area contributed by atoms with Crippen molar-refractivity contribution in [1.82, 2.24) is 5.32 Å². The summed E-state index contributed by atoms with van der Waals surface area (Å²) in [5, 5.41) is 12.6. The third-order valence-electron chi connectivity index (χ3n) is 3.63. The first kappa shape index (κ1) is 16.0. The second-order valence-corrected chi connectivity index (χ2v) is 5.23. The van der Waals surface area contributed by atoms with Crippen molar-refractivity contribution in [3.63, 3.8) is 0 Å². The van der Waals surface area contributed by atoms with Crippen molar-refractivity contribution >= 4 is 5.91 Å². The van der Waals surface area contributed by atoms with E-state index in [9.17, 15) is 9.90 Å². The van der Waals surface area contributed by atoms with E-state index in [1.807, 2.05) is 44.2 Å². The summed E-state index contributed by atoms with van der Waals surface area (Å²) in [6.45, 7) is 4.29. The zero-order valence-corrected chi connectivity index (χ0v) is 13.1. The van der Waals surface area contributed by atoms with Gasteiger partial charge in [-0.2, -0.15) is 0 Å². The highest BCUT2D eigenvalue weighted by Crippen LogP contribution is 2.25. The van der Waals surface area contributed by atoms with Gasteiger partial charge in [-0.05, 0) is 36.1 Å². The molecule has 22 heavy (non-hydrogen) atoms. The van der Waals surface area contributed by atoms with E-state index in [2.05, 4.69) is 5.32 Å². The summed E-state index contributed by atoms with van der Waals surface area (Å²) in [6, 6.07) is 13.2. The highest BCUT2D eigenvalue weighted by atomic mass is 16.5. The van der Waals surface area contributed by atoms with Crippen LogP contribution in [-0.4, -0.2) is 18.1 Å². The lowest BCUT2D eigenvalue weighted by atomic mass is 10.0. The molecule has 4 heteroatoms. The summed E-state index contributed by atoms with van der Waals surface area (Å²) >= 11 is 0. The Labute approximate surface area is 130 Å². The van der Waals surface area contributed by atoms with Crippen molar-refractivity contribution in [2.24, 2.45) is 0 Å². The molecule has 2 N–H and O–H groups in total. The number of likely N-dealkylation sites (N-methyl/N-ethyl adjacent to an activating group) is 1. The van der Waals surface area contributed by atoms with Gasteiger partial charge in [-0.15, -0.1) is 0 Å². The predicted octanol–water partition coefficient (Wildman–Crippen LogP) is 2.66. The molecule has 0 spiro atoms. The summed E-state index contributed by atoms with van der Waals surface area (Å²) in [4.78, 5) is 11.6. The van der Waals surface area contributed by atoms with Crippen LogP contribution in [0.4, 0.5) is 0 Å². The zero-order chi connectivity index (χ0) is 16.1. The average Bonchev–Trinajstić information content (AvgIpc) is 2.53. The van der Waals surface area contributed by atoms with Gasteiger partial charge in [0.05, 0.1) is 0 Å². The third kappa shape index (κ3) is 3.46. The minimum absolute atomic E-state index is 0.302. The molecule has 0 aliphatic heterocycles. The largest absolute Gasteiger partial charge is 0.488 e. The molecule has 0 fully saturated rings. The zero-order valence-electron chi connectivity index (χ0n) is 13.1. The minimum Gasteiger partial charge on any atom is -0.488 e. The van der Waals surface area contributed by atoms with Crippen LogP contribution in [0.5, 0.6) is 5.75 Å². The second-order valence-electron chi connectivity index (χ2n) is 5.23. The van der Waals surface area contributed by atoms with Crippen LogP contribution in [0.2, 0.25) is 0 Å². The van der Waals surface area contributed by atoms with Crippen molar-refractivity contribution in [2.75, 3.05) is 7.05 Å². The van der Waals surface area contributed by atoms with E-state index in [0.717, 1.165) is 22.4 Å². The van der Waals surface area contributed by atoms with Gasteiger partial charge in [-0.25, -0.2) is 0 Å². The number of nitrogens with one attached hydrogen (secondary N) is 1. The van der Waals surface area contributed by atoms with E-state index < -0.39 is 12.0 Å². The fraction of sp³-hybridized carbons (Fsp3) is 0.278. The number of benzene rings is 2. The van der Waals surface area contributed by atoms with Crippen LogP contribution < -0.4 is 10.1 Å². The highest BCUT2D eigenvalue weighted by Gasteiger charge is 2.19. The van der Waals surface area contributed by atoms with Crippen molar-refractivity contribution in [3.8, 4) is 5.75 Å². The van der Waals surface area contributed by atoms with Crippen LogP contribution in [0, 0.1) is 13.8 Å². The van der Waals surface area contributed by atoms with E-state index in [1.54, 1.807) is 12.1 Å². The average molecular weight is 299 g/mol. The minimum atomic E-state index is -1.19. The normalized spacial score (nSPS) is 11.8. The fourth-order valence-corrected chi connectivity index (χ4v) is 2.39. The lowest BCUT2D eigenvalue weighted by Gasteiger charge is -2.16. The number of aryl methyl sites for hydroxylation is 2. The molecule has 0 aliphatic carbocycles. The Bertz CT molecular complexity index is 647. The number of carbonyl (C=O) groups excluding carboxylic acids is 1. The molecular formula is C18H21NO3. The number of aliphatic hydroxyl groups is 1. The monoisotopic (exact) mass is 299 g/mol. The topological polar surface area (TPSA) is 58.6 Å². The summed E-state index contributed by atoms with van der Waals surface area (Å²) in [5.41, 5.74) is 3.48. The Morgan fingerprint density at radius 3 is 2.41 bits per heavy atom. The summed E-state index contributed by atoms with van der Waals surface area (Å²) in [7, 11) is 1.50. The first-order chi connectivity index (χ1) is 10.5. The molecular weight excluding hydrogens is 278 g/mol. The molecule has 4 nitrogen and oxygen atoms in total. The van der Waals surface area contributed by atoms with Crippen molar-refractivity contribution in [3.05, 3.63) is 64.7 Å². The highest BCUT2D eigenvalue weighted by molar-refractivity contribution is 5.82. The lowest BCUT2D eigenvalue weighted by molar-refractivity contribution is -0.129. The lowest BCUT2D eigenvalue weighted by Crippen LogP contribution is -2.26. The number of amides is 1. The molecule has 2 rings (SSSR count). The van der Waals surface area contributed by atoms with Crippen LogP contribution in [0.1, 0.15) is 28.4 Å². The van der Waals surface area contributed by atoms with Crippen LogP contribution in [0.3, 0.4) is 0 Å². The Hall–Kier alpha value is -2.33. The summed E-state index contributed by atoms with van der Waals surface area (Å²) in [6.07, 6.45) is -1.19. The molecule has 2 aromatic rings. The van der Waals surface area contributed by atoms with E-state index in [-0.39, 0.29) is 0 Å². The maximum atomic E-state index is 11.6. The van der Waals surface area contributed by atoms with E-state index in [0.29, 0.717) is 12.2 Å². The molecule has 0 saturated heterocycles. The fourth-order valence-electron chi connectivity index (χ4n) is 2.39. The summed E-state index contributed by atoms with van der Waals surface area (Å²) < 4.78 is 5.92. The van der Waals surface area contributed by atoms with Crippen LogP contribution in [-0.2, 0) is 11.4 Å². The van der Waals surface area contributed by atoms with Gasteiger partial charge >= 0.3 is 0 Å². The SMILES string of the molecule is CNC(=O)C(O)c1ccccc1COc1c(C)cccc1C. The van der Waals surface area contributed by atoms with Crippen LogP contribution in [0.25, 0.3) is 0 Å². The predicted molar refractivity (Wildman–Crippen MR) is 85.7 cm³/mol. The summed E-state index contributed by atoms with van der Waals surface area (Å²) in [5.74, 6) is 0.409. The molecule has 1 unspecified atom stereocenters. The molecule has 0 aromatic heterocycles. The van der Waals surface area contributed by atoms with Gasteiger partial charge < -0.3 is 15.2 Å². The van der Waals surface area contributed by atoms with Crippen LogP contribution >= 0.6 is 0 Å². The Morgan fingerprint density at radius 2 is 1.77 bits per heavy atom. The maximum Gasteiger partial charge on any atom is 0.253 e. The Morgan fingerprint density at radius 1 is 1.14 bits per heavy atom. The van der Waals surface area contributed by atoms with Crippen molar-refractivity contribution in [2.45, 2.75) is 26.6 Å². The molecule has 0 radical (unpaired) electrons. The van der Waals surface area contributed by atoms with Gasteiger partial charge in [0.25, 0.3) is 5.91 Å².